The average molecular weight is 200 g/mol. The van der Waals surface area contributed by atoms with Crippen molar-refractivity contribution in [1.82, 2.24) is 9.80 Å². The molecule has 0 amide bonds. The quantitative estimate of drug-likeness (QED) is 0.622. The normalized spacial score (nSPS) is 16.3. The fourth-order valence-corrected chi connectivity index (χ4v) is 2.20. The van der Waals surface area contributed by atoms with Crippen LogP contribution in [0, 0.1) is 5.92 Å². The van der Waals surface area contributed by atoms with E-state index < -0.39 is 0 Å². The van der Waals surface area contributed by atoms with E-state index in [-0.39, 0.29) is 0 Å². The third-order valence-electron chi connectivity index (χ3n) is 2.92. The molecule has 0 bridgehead atoms. The molecule has 0 aromatic carbocycles. The molecule has 0 rings (SSSR count). The van der Waals surface area contributed by atoms with Crippen LogP contribution in [0.3, 0.4) is 0 Å². The Balaban J connectivity index is 4.25. The molecule has 0 heterocycles. The Hall–Kier alpha value is -0.0800. The van der Waals surface area contributed by atoms with E-state index in [0.717, 1.165) is 12.0 Å². The second-order valence-corrected chi connectivity index (χ2v) is 4.75. The monoisotopic (exact) mass is 200 g/mol. The van der Waals surface area contributed by atoms with Crippen molar-refractivity contribution < 1.29 is 0 Å². The molecule has 0 radical (unpaired) electrons. The first kappa shape index (κ1) is 13.9. The van der Waals surface area contributed by atoms with Gasteiger partial charge in [0.15, 0.2) is 0 Å². The second-order valence-electron chi connectivity index (χ2n) is 4.75. The molecule has 86 valence electrons. The van der Waals surface area contributed by atoms with Crippen LogP contribution in [-0.4, -0.2) is 50.6 Å². The lowest BCUT2D eigenvalue weighted by molar-refractivity contribution is 0.160. The van der Waals surface area contributed by atoms with Gasteiger partial charge in [0, 0.05) is 12.6 Å². The zero-order valence-electron chi connectivity index (χ0n) is 10.9. The predicted octanol–water partition coefficient (Wildman–Crippen LogP) is 2.30. The van der Waals surface area contributed by atoms with Gasteiger partial charge < -0.3 is 9.80 Å². The lowest BCUT2D eigenvalue weighted by atomic mass is 9.92. The lowest BCUT2D eigenvalue weighted by Crippen LogP contribution is -2.39. The molecule has 14 heavy (non-hydrogen) atoms. The maximum Gasteiger partial charge on any atom is 0.0129 e. The van der Waals surface area contributed by atoms with Crippen molar-refractivity contribution >= 4 is 0 Å². The molecular weight excluding hydrogens is 172 g/mol. The van der Waals surface area contributed by atoms with Crippen LogP contribution in [0.4, 0.5) is 0 Å². The highest BCUT2D eigenvalue weighted by Crippen LogP contribution is 2.18. The van der Waals surface area contributed by atoms with E-state index in [1.54, 1.807) is 0 Å². The van der Waals surface area contributed by atoms with Gasteiger partial charge in [-0.1, -0.05) is 26.7 Å². The smallest absolute Gasteiger partial charge is 0.0129 e. The van der Waals surface area contributed by atoms with Crippen molar-refractivity contribution in [2.75, 3.05) is 34.7 Å². The third-order valence-corrected chi connectivity index (χ3v) is 2.92. The van der Waals surface area contributed by atoms with Crippen molar-refractivity contribution in [3.63, 3.8) is 0 Å². The van der Waals surface area contributed by atoms with E-state index in [1.165, 1.54) is 25.8 Å². The molecular formula is C12H28N2. The second kappa shape index (κ2) is 7.24. The largest absolute Gasteiger partial charge is 0.309 e. The predicted molar refractivity (Wildman–Crippen MR) is 64.7 cm³/mol. The minimum atomic E-state index is 0.743. The Bertz CT molecular complexity index is 132. The number of rotatable bonds is 7. The molecule has 0 aliphatic heterocycles. The van der Waals surface area contributed by atoms with Gasteiger partial charge in [-0.3, -0.25) is 0 Å². The highest BCUT2D eigenvalue weighted by atomic mass is 15.1. The first-order valence-electron chi connectivity index (χ1n) is 5.84. The van der Waals surface area contributed by atoms with Crippen molar-refractivity contribution in [1.29, 1.82) is 0 Å². The van der Waals surface area contributed by atoms with E-state index in [4.69, 9.17) is 0 Å². The van der Waals surface area contributed by atoms with Crippen LogP contribution in [-0.2, 0) is 0 Å². The Morgan fingerprint density at radius 3 is 1.86 bits per heavy atom. The summed E-state index contributed by atoms with van der Waals surface area (Å²) in [7, 11) is 8.75. The average Bonchev–Trinajstić information content (AvgIpc) is 2.10. The zero-order chi connectivity index (χ0) is 11.1. The van der Waals surface area contributed by atoms with Crippen LogP contribution >= 0.6 is 0 Å². The van der Waals surface area contributed by atoms with Crippen LogP contribution in [0.15, 0.2) is 0 Å². The molecule has 0 saturated carbocycles. The van der Waals surface area contributed by atoms with E-state index in [2.05, 4.69) is 51.8 Å². The topological polar surface area (TPSA) is 6.48 Å². The van der Waals surface area contributed by atoms with Gasteiger partial charge in [0.1, 0.15) is 0 Å². The van der Waals surface area contributed by atoms with Gasteiger partial charge in [-0.2, -0.15) is 0 Å². The summed E-state index contributed by atoms with van der Waals surface area (Å²) in [4.78, 5) is 4.70. The summed E-state index contributed by atoms with van der Waals surface area (Å²) >= 11 is 0. The number of nitrogens with zero attached hydrogens (tertiary/aromatic N) is 2. The van der Waals surface area contributed by atoms with Crippen LogP contribution in [0.25, 0.3) is 0 Å². The summed E-state index contributed by atoms with van der Waals surface area (Å²) in [5, 5.41) is 0. The molecule has 0 saturated heterocycles. The molecule has 0 aromatic heterocycles. The Morgan fingerprint density at radius 2 is 1.57 bits per heavy atom. The first-order valence-corrected chi connectivity index (χ1v) is 5.84. The molecule has 2 unspecified atom stereocenters. The van der Waals surface area contributed by atoms with Crippen molar-refractivity contribution in [3.05, 3.63) is 0 Å². The standard InChI is InChI=1S/C12H28N2/c1-7-9-12(14(5)6)11(8-2)10-13(3)4/h11-12H,7-10H2,1-6H3. The summed E-state index contributed by atoms with van der Waals surface area (Å²) < 4.78 is 0. The van der Waals surface area contributed by atoms with Gasteiger partial charge in [-0.25, -0.2) is 0 Å². The first-order chi connectivity index (χ1) is 6.52. The third kappa shape index (κ3) is 4.97. The molecule has 0 aliphatic carbocycles. The SMILES string of the molecule is CCCC(C(CC)CN(C)C)N(C)C. The van der Waals surface area contributed by atoms with Crippen molar-refractivity contribution in [2.45, 2.75) is 39.2 Å². The van der Waals surface area contributed by atoms with Crippen LogP contribution in [0.2, 0.25) is 0 Å². The Kier molecular flexibility index (Phi) is 7.20. The molecule has 0 aliphatic rings. The molecule has 2 heteroatoms. The fourth-order valence-electron chi connectivity index (χ4n) is 2.20. The summed E-state index contributed by atoms with van der Waals surface area (Å²) in [6, 6.07) is 0.743. The van der Waals surface area contributed by atoms with Gasteiger partial charge in [0.2, 0.25) is 0 Å². The Labute approximate surface area is 90.3 Å². The number of hydrogen-bond donors (Lipinski definition) is 0. The molecule has 2 nitrogen and oxygen atoms in total. The molecule has 0 spiro atoms. The molecule has 0 N–H and O–H groups in total. The minimum absolute atomic E-state index is 0.743. The molecule has 0 fully saturated rings. The van der Waals surface area contributed by atoms with Crippen molar-refractivity contribution in [3.8, 4) is 0 Å². The van der Waals surface area contributed by atoms with Gasteiger partial charge >= 0.3 is 0 Å². The van der Waals surface area contributed by atoms with Gasteiger partial charge in [-0.05, 0) is 40.5 Å². The van der Waals surface area contributed by atoms with Crippen LogP contribution < -0.4 is 0 Å². The highest BCUT2D eigenvalue weighted by Gasteiger charge is 2.21. The lowest BCUT2D eigenvalue weighted by Gasteiger charge is -2.33. The summed E-state index contributed by atoms with van der Waals surface area (Å²) in [5.74, 6) is 0.806. The summed E-state index contributed by atoms with van der Waals surface area (Å²) in [6.45, 7) is 5.79. The fraction of sp³-hybridized carbons (Fsp3) is 1.00. The van der Waals surface area contributed by atoms with Crippen molar-refractivity contribution in [2.24, 2.45) is 5.92 Å². The summed E-state index contributed by atoms with van der Waals surface area (Å²) in [6.07, 6.45) is 3.88. The maximum absolute atomic E-state index is 2.39. The number of hydrogen-bond acceptors (Lipinski definition) is 2. The molecule has 2 atom stereocenters. The minimum Gasteiger partial charge on any atom is -0.309 e. The van der Waals surface area contributed by atoms with E-state index >= 15 is 0 Å². The molecule has 0 aromatic rings. The summed E-state index contributed by atoms with van der Waals surface area (Å²) in [5.41, 5.74) is 0. The van der Waals surface area contributed by atoms with E-state index in [0.29, 0.717) is 0 Å². The van der Waals surface area contributed by atoms with Gasteiger partial charge in [0.05, 0.1) is 0 Å². The van der Waals surface area contributed by atoms with Crippen LogP contribution in [0.5, 0.6) is 0 Å². The highest BCUT2D eigenvalue weighted by molar-refractivity contribution is 4.76. The Morgan fingerprint density at radius 1 is 1.00 bits per heavy atom. The van der Waals surface area contributed by atoms with Gasteiger partial charge in [0.25, 0.3) is 0 Å². The maximum atomic E-state index is 2.39. The van der Waals surface area contributed by atoms with Gasteiger partial charge in [-0.15, -0.1) is 0 Å². The zero-order valence-corrected chi connectivity index (χ0v) is 10.9. The van der Waals surface area contributed by atoms with E-state index in [1.807, 2.05) is 0 Å². The van der Waals surface area contributed by atoms with Crippen LogP contribution in [0.1, 0.15) is 33.1 Å². The van der Waals surface area contributed by atoms with E-state index in [9.17, 15) is 0 Å².